The van der Waals surface area contributed by atoms with Crippen LogP contribution in [-0.4, -0.2) is 47.8 Å². The van der Waals surface area contributed by atoms with E-state index in [-0.39, 0.29) is 25.5 Å². The first-order valence-electron chi connectivity index (χ1n) is 5.90. The minimum atomic E-state index is -0.941. The van der Waals surface area contributed by atoms with E-state index in [0.29, 0.717) is 19.4 Å². The summed E-state index contributed by atoms with van der Waals surface area (Å²) in [4.78, 5) is 24.0. The van der Waals surface area contributed by atoms with Gasteiger partial charge in [0.25, 0.3) is 0 Å². The summed E-state index contributed by atoms with van der Waals surface area (Å²) in [7, 11) is 0. The van der Waals surface area contributed by atoms with Crippen molar-refractivity contribution in [1.82, 2.24) is 10.2 Å². The summed E-state index contributed by atoms with van der Waals surface area (Å²) in [6.07, 6.45) is 0.648. The first-order valence-corrected chi connectivity index (χ1v) is 5.90. The van der Waals surface area contributed by atoms with E-state index in [1.54, 1.807) is 0 Å². The Labute approximate surface area is 100.0 Å². The molecule has 0 saturated carbocycles. The molecule has 0 bridgehead atoms. The number of carbonyl (C=O) groups is 2. The van der Waals surface area contributed by atoms with E-state index in [0.717, 1.165) is 0 Å². The Bertz CT molecular complexity index is 284. The molecule has 1 aliphatic rings. The van der Waals surface area contributed by atoms with Crippen molar-refractivity contribution in [3.05, 3.63) is 0 Å². The van der Waals surface area contributed by atoms with Gasteiger partial charge in [-0.2, -0.15) is 0 Å². The summed E-state index contributed by atoms with van der Waals surface area (Å²) in [5.74, 6) is -1.34. The molecule has 0 spiro atoms. The Morgan fingerprint density at radius 1 is 1.59 bits per heavy atom. The number of halogens is 1. The quantitative estimate of drug-likeness (QED) is 0.784. The van der Waals surface area contributed by atoms with Crippen LogP contribution >= 0.6 is 0 Å². The lowest BCUT2D eigenvalue weighted by molar-refractivity contribution is -0.143. The summed E-state index contributed by atoms with van der Waals surface area (Å²) >= 11 is 0. The van der Waals surface area contributed by atoms with Crippen molar-refractivity contribution in [2.45, 2.75) is 32.4 Å². The number of aliphatic carboxylic acids is 1. The summed E-state index contributed by atoms with van der Waals surface area (Å²) in [5, 5.41) is 11.5. The van der Waals surface area contributed by atoms with Gasteiger partial charge in [-0.1, -0.05) is 0 Å². The molecule has 0 aliphatic carbocycles. The Morgan fingerprint density at radius 3 is 2.88 bits per heavy atom. The zero-order valence-corrected chi connectivity index (χ0v) is 9.99. The average molecular weight is 246 g/mol. The molecule has 5 nitrogen and oxygen atoms in total. The second kappa shape index (κ2) is 6.42. The number of piperidine rings is 1. The number of hydrogen-bond acceptors (Lipinski definition) is 2. The van der Waals surface area contributed by atoms with Gasteiger partial charge < -0.3 is 15.3 Å². The summed E-state index contributed by atoms with van der Waals surface area (Å²) < 4.78 is 12.5. The van der Waals surface area contributed by atoms with Gasteiger partial charge in [0.15, 0.2) is 0 Å². The number of urea groups is 1. The molecule has 1 rings (SSSR count). The van der Waals surface area contributed by atoms with Crippen LogP contribution in [0.25, 0.3) is 0 Å². The molecule has 1 fully saturated rings. The highest BCUT2D eigenvalue weighted by molar-refractivity contribution is 5.76. The van der Waals surface area contributed by atoms with E-state index in [9.17, 15) is 14.0 Å². The highest BCUT2D eigenvalue weighted by atomic mass is 19.1. The molecule has 0 radical (unpaired) electrons. The second-order valence-electron chi connectivity index (χ2n) is 4.42. The van der Waals surface area contributed by atoms with Gasteiger partial charge >= 0.3 is 12.0 Å². The third kappa shape index (κ3) is 4.58. The average Bonchev–Trinajstić information content (AvgIpc) is 2.28. The summed E-state index contributed by atoms with van der Waals surface area (Å²) in [6.45, 7) is 2.53. The molecule has 1 saturated heterocycles. The van der Waals surface area contributed by atoms with Gasteiger partial charge in [0.05, 0.1) is 12.1 Å². The smallest absolute Gasteiger partial charge is 0.317 e. The fourth-order valence-corrected chi connectivity index (χ4v) is 1.85. The highest BCUT2D eigenvalue weighted by Gasteiger charge is 2.27. The second-order valence-corrected chi connectivity index (χ2v) is 4.42. The van der Waals surface area contributed by atoms with Crippen LogP contribution in [0.2, 0.25) is 0 Å². The summed E-state index contributed by atoms with van der Waals surface area (Å²) in [5.41, 5.74) is 0. The zero-order valence-electron chi connectivity index (χ0n) is 9.99. The molecule has 2 atom stereocenters. The zero-order chi connectivity index (χ0) is 12.8. The van der Waals surface area contributed by atoms with Crippen LogP contribution in [0.3, 0.4) is 0 Å². The number of carbonyl (C=O) groups excluding carboxylic acids is 1. The van der Waals surface area contributed by atoms with Crippen LogP contribution in [0.15, 0.2) is 0 Å². The van der Waals surface area contributed by atoms with E-state index in [1.165, 1.54) is 11.8 Å². The van der Waals surface area contributed by atoms with E-state index in [4.69, 9.17) is 5.11 Å². The number of rotatable bonds is 4. The molecule has 1 aliphatic heterocycles. The fourth-order valence-electron chi connectivity index (χ4n) is 1.85. The molecular formula is C11H19FN2O3. The van der Waals surface area contributed by atoms with Crippen LogP contribution in [0, 0.1) is 5.92 Å². The molecule has 1 heterocycles. The van der Waals surface area contributed by atoms with Crippen LogP contribution in [0.4, 0.5) is 9.18 Å². The Morgan fingerprint density at radius 2 is 2.29 bits per heavy atom. The number of amides is 2. The lowest BCUT2D eigenvalue weighted by Gasteiger charge is -2.30. The molecule has 2 amide bonds. The van der Waals surface area contributed by atoms with Crippen molar-refractivity contribution in [3.63, 3.8) is 0 Å². The monoisotopic (exact) mass is 246 g/mol. The molecule has 0 aromatic heterocycles. The lowest BCUT2D eigenvalue weighted by Crippen LogP contribution is -2.47. The van der Waals surface area contributed by atoms with Crippen molar-refractivity contribution in [3.8, 4) is 0 Å². The van der Waals surface area contributed by atoms with E-state index < -0.39 is 18.1 Å². The van der Waals surface area contributed by atoms with Crippen LogP contribution in [-0.2, 0) is 4.79 Å². The minimum absolute atomic E-state index is 0.242. The number of carboxylic acids is 1. The SMILES string of the molecule is CC(F)CCNC(=O)N1CCCC(C(=O)O)C1. The topological polar surface area (TPSA) is 69.6 Å². The summed E-state index contributed by atoms with van der Waals surface area (Å²) in [6, 6.07) is -0.295. The van der Waals surface area contributed by atoms with Gasteiger partial charge in [-0.05, 0) is 26.2 Å². The van der Waals surface area contributed by atoms with Crippen LogP contribution < -0.4 is 5.32 Å². The predicted octanol–water partition coefficient (Wildman–Crippen LogP) is 1.24. The number of alkyl halides is 1. The number of hydrogen-bond donors (Lipinski definition) is 2. The maximum Gasteiger partial charge on any atom is 0.317 e. The third-order valence-corrected chi connectivity index (χ3v) is 2.88. The molecule has 6 heteroatoms. The first kappa shape index (κ1) is 13.7. The van der Waals surface area contributed by atoms with Gasteiger partial charge in [-0.15, -0.1) is 0 Å². The Kier molecular flexibility index (Phi) is 5.18. The predicted molar refractivity (Wildman–Crippen MR) is 60.5 cm³/mol. The van der Waals surface area contributed by atoms with E-state index in [1.807, 2.05) is 0 Å². The largest absolute Gasteiger partial charge is 0.481 e. The highest BCUT2D eigenvalue weighted by Crippen LogP contribution is 2.16. The van der Waals surface area contributed by atoms with Gasteiger partial charge in [0.1, 0.15) is 0 Å². The van der Waals surface area contributed by atoms with Crippen molar-refractivity contribution in [2.75, 3.05) is 19.6 Å². The minimum Gasteiger partial charge on any atom is -0.481 e. The van der Waals surface area contributed by atoms with Gasteiger partial charge in [0.2, 0.25) is 0 Å². The molecular weight excluding hydrogens is 227 g/mol. The molecule has 0 aromatic rings. The van der Waals surface area contributed by atoms with Gasteiger partial charge in [-0.3, -0.25) is 4.79 Å². The standard InChI is InChI=1S/C11H19FN2O3/c1-8(12)4-5-13-11(17)14-6-2-3-9(7-14)10(15)16/h8-9H,2-7H2,1H3,(H,13,17)(H,15,16). The van der Waals surface area contributed by atoms with Crippen molar-refractivity contribution >= 4 is 12.0 Å². The van der Waals surface area contributed by atoms with Crippen molar-refractivity contribution < 1.29 is 19.1 Å². The molecule has 98 valence electrons. The molecule has 0 aromatic carbocycles. The fraction of sp³-hybridized carbons (Fsp3) is 0.818. The van der Waals surface area contributed by atoms with Crippen LogP contribution in [0.1, 0.15) is 26.2 Å². The van der Waals surface area contributed by atoms with E-state index in [2.05, 4.69) is 5.32 Å². The maximum atomic E-state index is 12.5. The van der Waals surface area contributed by atoms with E-state index >= 15 is 0 Å². The molecule has 2 unspecified atom stereocenters. The molecule has 2 N–H and O–H groups in total. The Balaban J connectivity index is 2.33. The lowest BCUT2D eigenvalue weighted by atomic mass is 9.99. The van der Waals surface area contributed by atoms with Gasteiger partial charge in [-0.25, -0.2) is 9.18 Å². The number of carboxylic acid groups (broad SMARTS) is 1. The Hall–Kier alpha value is -1.33. The maximum absolute atomic E-state index is 12.5. The normalized spacial score (nSPS) is 22.0. The van der Waals surface area contributed by atoms with Crippen molar-refractivity contribution in [2.24, 2.45) is 5.92 Å². The van der Waals surface area contributed by atoms with Crippen LogP contribution in [0.5, 0.6) is 0 Å². The first-order chi connectivity index (χ1) is 8.00. The molecule has 17 heavy (non-hydrogen) atoms. The number of likely N-dealkylation sites (tertiary alicyclic amines) is 1. The number of nitrogens with one attached hydrogen (secondary N) is 1. The van der Waals surface area contributed by atoms with Gasteiger partial charge in [0, 0.05) is 19.6 Å². The third-order valence-electron chi connectivity index (χ3n) is 2.88. The number of nitrogens with zero attached hydrogens (tertiary/aromatic N) is 1. The van der Waals surface area contributed by atoms with Crippen molar-refractivity contribution in [1.29, 1.82) is 0 Å².